The molecule has 0 radical (unpaired) electrons. The summed E-state index contributed by atoms with van der Waals surface area (Å²) in [6.07, 6.45) is 1.52. The van der Waals surface area contributed by atoms with Gasteiger partial charge in [0.25, 0.3) is 6.20 Å². The molecule has 0 spiro atoms. The predicted molar refractivity (Wildman–Crippen MR) is 109 cm³/mol. The smallest absolute Gasteiger partial charge is 0.324 e. The predicted octanol–water partition coefficient (Wildman–Crippen LogP) is 0.138. The topological polar surface area (TPSA) is 167 Å². The van der Waals surface area contributed by atoms with Gasteiger partial charge in [-0.2, -0.15) is 5.26 Å². The van der Waals surface area contributed by atoms with Gasteiger partial charge in [0.15, 0.2) is 0 Å². The van der Waals surface area contributed by atoms with Gasteiger partial charge in [0.1, 0.15) is 16.7 Å². The summed E-state index contributed by atoms with van der Waals surface area (Å²) in [6.45, 7) is 6.33. The summed E-state index contributed by atoms with van der Waals surface area (Å²) in [5.41, 5.74) is 13.4. The van der Waals surface area contributed by atoms with Gasteiger partial charge < -0.3 is 21.3 Å². The minimum absolute atomic E-state index is 0.0361. The van der Waals surface area contributed by atoms with Crippen LogP contribution >= 0.6 is 11.3 Å². The number of hydrogen-bond donors (Lipinski definition) is 2. The molecule has 1 saturated heterocycles. The van der Waals surface area contributed by atoms with Crippen LogP contribution in [0.1, 0.15) is 35.8 Å². The van der Waals surface area contributed by atoms with E-state index in [-0.39, 0.29) is 33.7 Å². The van der Waals surface area contributed by atoms with Crippen LogP contribution in [-0.4, -0.2) is 42.5 Å². The molecule has 0 bridgehead atoms. The summed E-state index contributed by atoms with van der Waals surface area (Å²) in [7, 11) is 0. The Bertz CT molecular complexity index is 1170. The quantitative estimate of drug-likeness (QED) is 0.334. The number of nitrogen functional groups attached to an aromatic ring is 2. The van der Waals surface area contributed by atoms with Crippen molar-refractivity contribution in [2.24, 2.45) is 4.99 Å². The Morgan fingerprint density at radius 2 is 2.13 bits per heavy atom. The van der Waals surface area contributed by atoms with E-state index in [1.165, 1.54) is 11.0 Å². The summed E-state index contributed by atoms with van der Waals surface area (Å²) in [5, 5.41) is 28.7. The maximum Gasteiger partial charge on any atom is 0.324 e. The van der Waals surface area contributed by atoms with E-state index in [1.807, 2.05) is 18.9 Å². The molecule has 3 aromatic rings. The van der Waals surface area contributed by atoms with Gasteiger partial charge in [-0.3, -0.25) is 4.52 Å². The molecule has 12 heteroatoms. The van der Waals surface area contributed by atoms with Gasteiger partial charge in [-0.15, -0.1) is 16.3 Å². The average Bonchev–Trinajstić information content (AvgIpc) is 3.32. The first-order valence-corrected chi connectivity index (χ1v) is 10.1. The number of anilines is 2. The first-order chi connectivity index (χ1) is 14.4. The minimum Gasteiger partial charge on any atom is -0.857 e. The van der Waals surface area contributed by atoms with Crippen molar-refractivity contribution in [3.8, 4) is 6.07 Å². The fourth-order valence-corrected chi connectivity index (χ4v) is 4.38. The maximum atomic E-state index is 12.8. The van der Waals surface area contributed by atoms with E-state index in [0.717, 1.165) is 11.3 Å². The molecular formula is C18H20N8O3S. The Kier molecular flexibility index (Phi) is 5.15. The molecular weight excluding hydrogens is 408 g/mol. The lowest BCUT2D eigenvalue weighted by Crippen LogP contribution is -2.62. The summed E-state index contributed by atoms with van der Waals surface area (Å²) in [5.74, 6) is -0.441. The van der Waals surface area contributed by atoms with E-state index in [0.29, 0.717) is 42.1 Å². The van der Waals surface area contributed by atoms with Gasteiger partial charge in [0.05, 0.1) is 47.2 Å². The Balaban J connectivity index is 1.74. The van der Waals surface area contributed by atoms with Gasteiger partial charge in [-0.25, -0.2) is 9.98 Å². The average molecular weight is 428 g/mol. The van der Waals surface area contributed by atoms with E-state index in [4.69, 9.17) is 20.7 Å². The third kappa shape index (κ3) is 3.38. The molecule has 1 fully saturated rings. The fourth-order valence-electron chi connectivity index (χ4n) is 3.37. The SMILES string of the molecule is CC(C)c1c(C#N)c(N)nc2sc(/C([O-])=N/c3c[n+](N4CCOCC4)no3)c(N)c12. The highest BCUT2D eigenvalue weighted by Gasteiger charge is 2.24. The summed E-state index contributed by atoms with van der Waals surface area (Å²) in [4.78, 5) is 10.5. The van der Waals surface area contributed by atoms with E-state index in [9.17, 15) is 10.4 Å². The number of thiophene rings is 1. The van der Waals surface area contributed by atoms with Crippen molar-refractivity contribution in [2.75, 3.05) is 42.8 Å². The molecule has 4 heterocycles. The number of nitriles is 1. The van der Waals surface area contributed by atoms with E-state index >= 15 is 0 Å². The zero-order valence-corrected chi connectivity index (χ0v) is 17.3. The lowest BCUT2D eigenvalue weighted by molar-refractivity contribution is -0.759. The molecule has 30 heavy (non-hydrogen) atoms. The molecule has 3 aromatic heterocycles. The number of aromatic nitrogens is 3. The second-order valence-corrected chi connectivity index (χ2v) is 8.02. The number of aliphatic imine (C=N–C) groups is 1. The van der Waals surface area contributed by atoms with Crippen molar-refractivity contribution < 1.29 is 19.2 Å². The van der Waals surface area contributed by atoms with Crippen LogP contribution in [0.2, 0.25) is 0 Å². The van der Waals surface area contributed by atoms with Gasteiger partial charge in [0, 0.05) is 11.3 Å². The number of pyridine rings is 1. The van der Waals surface area contributed by atoms with Gasteiger partial charge >= 0.3 is 5.88 Å². The molecule has 0 aromatic carbocycles. The molecule has 156 valence electrons. The molecule has 0 unspecified atom stereocenters. The monoisotopic (exact) mass is 428 g/mol. The first-order valence-electron chi connectivity index (χ1n) is 9.29. The summed E-state index contributed by atoms with van der Waals surface area (Å²) >= 11 is 1.09. The van der Waals surface area contributed by atoms with Crippen LogP contribution in [0.4, 0.5) is 17.4 Å². The molecule has 0 saturated carbocycles. The largest absolute Gasteiger partial charge is 0.857 e. The van der Waals surface area contributed by atoms with Gasteiger partial charge in [-0.05, 0) is 11.5 Å². The number of nitrogens with two attached hydrogens (primary N) is 2. The van der Waals surface area contributed by atoms with Crippen molar-refractivity contribution in [3.05, 3.63) is 22.2 Å². The van der Waals surface area contributed by atoms with E-state index in [2.05, 4.69) is 21.3 Å². The molecule has 1 aliphatic rings. The van der Waals surface area contributed by atoms with Crippen LogP contribution in [0.15, 0.2) is 15.7 Å². The number of ether oxygens (including phenoxy) is 1. The number of morpholine rings is 1. The molecule has 4 N–H and O–H groups in total. The third-order valence-electron chi connectivity index (χ3n) is 4.76. The van der Waals surface area contributed by atoms with E-state index < -0.39 is 5.90 Å². The molecule has 0 atom stereocenters. The van der Waals surface area contributed by atoms with Gasteiger partial charge in [-0.1, -0.05) is 13.8 Å². The number of nitrogens with zero attached hydrogens (tertiary/aromatic N) is 6. The fraction of sp³-hybridized carbons (Fsp3) is 0.389. The summed E-state index contributed by atoms with van der Waals surface area (Å²) < 4.78 is 10.5. The van der Waals surface area contributed by atoms with Crippen molar-refractivity contribution in [2.45, 2.75) is 19.8 Å². The highest BCUT2D eigenvalue weighted by molar-refractivity contribution is 7.21. The van der Waals surface area contributed by atoms with Crippen LogP contribution in [0, 0.1) is 11.3 Å². The van der Waals surface area contributed by atoms with Crippen molar-refractivity contribution in [3.63, 3.8) is 0 Å². The summed E-state index contributed by atoms with van der Waals surface area (Å²) in [6, 6.07) is 2.09. The van der Waals surface area contributed by atoms with E-state index in [1.54, 1.807) is 0 Å². The number of rotatable bonds is 4. The third-order valence-corrected chi connectivity index (χ3v) is 5.85. The number of fused-ring (bicyclic) bond motifs is 1. The lowest BCUT2D eigenvalue weighted by atomic mass is 9.95. The Labute approximate surface area is 175 Å². The zero-order valence-electron chi connectivity index (χ0n) is 16.5. The maximum absolute atomic E-state index is 12.8. The van der Waals surface area contributed by atoms with Crippen molar-refractivity contribution in [1.29, 1.82) is 5.26 Å². The molecule has 4 rings (SSSR count). The highest BCUT2D eigenvalue weighted by atomic mass is 32.1. The van der Waals surface area contributed by atoms with Crippen LogP contribution < -0.4 is 26.4 Å². The second-order valence-electron chi connectivity index (χ2n) is 7.02. The van der Waals surface area contributed by atoms with Crippen molar-refractivity contribution >= 4 is 44.8 Å². The van der Waals surface area contributed by atoms with Crippen LogP contribution in [-0.2, 0) is 4.74 Å². The van der Waals surface area contributed by atoms with Crippen LogP contribution in [0.5, 0.6) is 0 Å². The Morgan fingerprint density at radius 1 is 1.40 bits per heavy atom. The van der Waals surface area contributed by atoms with Crippen molar-refractivity contribution in [1.82, 2.24) is 10.3 Å². The molecule has 11 nitrogen and oxygen atoms in total. The van der Waals surface area contributed by atoms with Gasteiger partial charge in [0.2, 0.25) is 5.27 Å². The molecule has 1 aliphatic heterocycles. The van der Waals surface area contributed by atoms with Crippen LogP contribution in [0.25, 0.3) is 10.2 Å². The Morgan fingerprint density at radius 3 is 2.80 bits per heavy atom. The molecule has 0 amide bonds. The standard InChI is InChI=1S/C18H20N8O3S/c1-9(2)12-10(7-19)16(21)23-18-13(12)14(20)15(30-18)17(27)22-11-8-26(24-29-11)25-3-5-28-6-4-25/h8-9H,3-6H2,1-2H3,(H4-,20,21,22,23,24,27). The minimum atomic E-state index is -0.576. The zero-order chi connectivity index (χ0) is 21.4. The highest BCUT2D eigenvalue weighted by Crippen LogP contribution is 2.40. The normalized spacial score (nSPS) is 15.1. The first kappa shape index (κ1) is 19.9. The van der Waals surface area contributed by atoms with Crippen LogP contribution in [0.3, 0.4) is 0 Å². The second kappa shape index (κ2) is 7.77. The Hall–Kier alpha value is -3.43. The molecule has 0 aliphatic carbocycles. The number of hydrogen-bond acceptors (Lipinski definition) is 11. The lowest BCUT2D eigenvalue weighted by Gasteiger charge is -2.18.